The fraction of sp³-hybridized carbons (Fsp3) is 0.333. The smallest absolute Gasteiger partial charge is 0.306 e. The van der Waals surface area contributed by atoms with Crippen LogP contribution in [-0.4, -0.2) is 18.5 Å². The van der Waals surface area contributed by atoms with Crippen molar-refractivity contribution in [1.82, 2.24) is 0 Å². The molecule has 1 rings (SSSR count). The number of ether oxygens (including phenoxy) is 1. The highest BCUT2D eigenvalue weighted by molar-refractivity contribution is 6.35. The normalized spacial score (nSPS) is 9.94. The van der Waals surface area contributed by atoms with Gasteiger partial charge in [0.2, 0.25) is 5.91 Å². The molecular weight excluding hydrogens is 277 g/mol. The van der Waals surface area contributed by atoms with Crippen LogP contribution < -0.4 is 5.32 Å². The fourth-order valence-electron chi connectivity index (χ4n) is 1.30. The monoisotopic (exact) mass is 289 g/mol. The van der Waals surface area contributed by atoms with Crippen molar-refractivity contribution >= 4 is 40.8 Å². The lowest BCUT2D eigenvalue weighted by Gasteiger charge is -2.06. The minimum atomic E-state index is -0.392. The van der Waals surface area contributed by atoms with Crippen molar-refractivity contribution in [2.24, 2.45) is 0 Å². The van der Waals surface area contributed by atoms with E-state index in [1.165, 1.54) is 0 Å². The van der Waals surface area contributed by atoms with Gasteiger partial charge in [0.25, 0.3) is 0 Å². The van der Waals surface area contributed by atoms with Gasteiger partial charge in [0.05, 0.1) is 13.0 Å². The first-order valence-electron chi connectivity index (χ1n) is 5.43. The largest absolute Gasteiger partial charge is 0.466 e. The Labute approximate surface area is 115 Å². The van der Waals surface area contributed by atoms with E-state index in [9.17, 15) is 9.59 Å². The van der Waals surface area contributed by atoms with E-state index in [1.807, 2.05) is 0 Å². The van der Waals surface area contributed by atoms with Gasteiger partial charge in [-0.3, -0.25) is 9.59 Å². The first-order chi connectivity index (χ1) is 8.51. The minimum Gasteiger partial charge on any atom is -0.466 e. The third-order valence-electron chi connectivity index (χ3n) is 2.01. The van der Waals surface area contributed by atoms with E-state index >= 15 is 0 Å². The lowest BCUT2D eigenvalue weighted by atomic mass is 10.2. The summed E-state index contributed by atoms with van der Waals surface area (Å²) in [6.07, 6.45) is 0.108. The van der Waals surface area contributed by atoms with Gasteiger partial charge in [-0.2, -0.15) is 0 Å². The number of rotatable bonds is 5. The zero-order valence-corrected chi connectivity index (χ0v) is 11.3. The Balaban J connectivity index is 2.47. The van der Waals surface area contributed by atoms with Crippen LogP contribution >= 0.6 is 23.2 Å². The van der Waals surface area contributed by atoms with Crippen molar-refractivity contribution in [2.75, 3.05) is 11.9 Å². The van der Waals surface area contributed by atoms with Gasteiger partial charge >= 0.3 is 5.97 Å². The maximum atomic E-state index is 11.5. The molecule has 0 atom stereocenters. The third kappa shape index (κ3) is 5.38. The number of nitrogens with one attached hydrogen (secondary N) is 1. The lowest BCUT2D eigenvalue weighted by Crippen LogP contribution is -2.14. The van der Waals surface area contributed by atoms with Crippen LogP contribution in [0.3, 0.4) is 0 Å². The molecule has 0 saturated heterocycles. The maximum Gasteiger partial charge on any atom is 0.306 e. The molecule has 1 N–H and O–H groups in total. The van der Waals surface area contributed by atoms with Crippen LogP contribution in [0, 0.1) is 0 Å². The molecule has 1 aromatic carbocycles. The highest BCUT2D eigenvalue weighted by Crippen LogP contribution is 2.22. The Morgan fingerprint density at radius 2 is 1.78 bits per heavy atom. The minimum absolute atomic E-state index is 0.0496. The summed E-state index contributed by atoms with van der Waals surface area (Å²) in [5.74, 6) is -0.682. The van der Waals surface area contributed by atoms with Gasteiger partial charge in [0.1, 0.15) is 0 Å². The predicted molar refractivity (Wildman–Crippen MR) is 71.0 cm³/mol. The van der Waals surface area contributed by atoms with E-state index in [2.05, 4.69) is 5.32 Å². The molecule has 98 valence electrons. The van der Waals surface area contributed by atoms with Gasteiger partial charge in [0.15, 0.2) is 0 Å². The van der Waals surface area contributed by atoms with Crippen molar-refractivity contribution in [3.8, 4) is 0 Å². The number of halogens is 2. The lowest BCUT2D eigenvalue weighted by molar-refractivity contribution is -0.144. The molecule has 1 amide bonds. The second-order valence-corrected chi connectivity index (χ2v) is 4.38. The van der Waals surface area contributed by atoms with Crippen molar-refractivity contribution in [3.05, 3.63) is 28.2 Å². The molecule has 0 unspecified atom stereocenters. The number of anilines is 1. The Bertz CT molecular complexity index is 429. The topological polar surface area (TPSA) is 55.4 Å². The molecule has 1 aromatic rings. The van der Waals surface area contributed by atoms with Gasteiger partial charge in [-0.05, 0) is 25.1 Å². The Hall–Kier alpha value is -1.26. The summed E-state index contributed by atoms with van der Waals surface area (Å²) in [6, 6.07) is 4.72. The van der Waals surface area contributed by atoms with Gasteiger partial charge in [-0.25, -0.2) is 0 Å². The SMILES string of the molecule is CCOC(=O)CCC(=O)Nc1cc(Cl)cc(Cl)c1. The van der Waals surface area contributed by atoms with Crippen molar-refractivity contribution in [2.45, 2.75) is 19.8 Å². The number of hydrogen-bond acceptors (Lipinski definition) is 3. The van der Waals surface area contributed by atoms with Gasteiger partial charge in [0, 0.05) is 22.2 Å². The van der Waals surface area contributed by atoms with Gasteiger partial charge in [-0.1, -0.05) is 23.2 Å². The fourth-order valence-corrected chi connectivity index (χ4v) is 1.82. The van der Waals surface area contributed by atoms with E-state index in [1.54, 1.807) is 25.1 Å². The van der Waals surface area contributed by atoms with E-state index < -0.39 is 5.97 Å². The average molecular weight is 290 g/mol. The number of benzene rings is 1. The van der Waals surface area contributed by atoms with Crippen LogP contribution in [0.2, 0.25) is 10.0 Å². The highest BCUT2D eigenvalue weighted by Gasteiger charge is 2.08. The summed E-state index contributed by atoms with van der Waals surface area (Å²) < 4.78 is 4.72. The average Bonchev–Trinajstić information content (AvgIpc) is 2.25. The molecular formula is C12H13Cl2NO3. The standard InChI is InChI=1S/C12H13Cl2NO3/c1-2-18-12(17)4-3-11(16)15-10-6-8(13)5-9(14)7-10/h5-7H,2-4H2,1H3,(H,15,16). The van der Waals surface area contributed by atoms with Crippen LogP contribution in [0.25, 0.3) is 0 Å². The van der Waals surface area contributed by atoms with E-state index in [0.717, 1.165) is 0 Å². The molecule has 6 heteroatoms. The molecule has 0 aliphatic heterocycles. The van der Waals surface area contributed by atoms with E-state index in [0.29, 0.717) is 22.3 Å². The van der Waals surface area contributed by atoms with Crippen LogP contribution in [0.1, 0.15) is 19.8 Å². The summed E-state index contributed by atoms with van der Waals surface area (Å²) in [5.41, 5.74) is 0.501. The molecule has 4 nitrogen and oxygen atoms in total. The second-order valence-electron chi connectivity index (χ2n) is 3.51. The zero-order valence-electron chi connectivity index (χ0n) is 9.83. The Morgan fingerprint density at radius 1 is 1.17 bits per heavy atom. The summed E-state index contributed by atoms with van der Waals surface area (Å²) in [4.78, 5) is 22.6. The van der Waals surface area contributed by atoms with Crippen LogP contribution in [0.15, 0.2) is 18.2 Å². The molecule has 0 radical (unpaired) electrons. The van der Waals surface area contributed by atoms with Gasteiger partial charge in [-0.15, -0.1) is 0 Å². The van der Waals surface area contributed by atoms with Crippen LogP contribution in [0.4, 0.5) is 5.69 Å². The quantitative estimate of drug-likeness (QED) is 0.847. The summed E-state index contributed by atoms with van der Waals surface area (Å²) >= 11 is 11.6. The van der Waals surface area contributed by atoms with Crippen molar-refractivity contribution < 1.29 is 14.3 Å². The zero-order chi connectivity index (χ0) is 13.5. The first kappa shape index (κ1) is 14.8. The van der Waals surface area contributed by atoms with Gasteiger partial charge < -0.3 is 10.1 Å². The molecule has 0 spiro atoms. The summed E-state index contributed by atoms with van der Waals surface area (Å²) in [7, 11) is 0. The third-order valence-corrected chi connectivity index (χ3v) is 2.44. The van der Waals surface area contributed by atoms with E-state index in [4.69, 9.17) is 27.9 Å². The van der Waals surface area contributed by atoms with Crippen molar-refractivity contribution in [3.63, 3.8) is 0 Å². The van der Waals surface area contributed by atoms with Crippen molar-refractivity contribution in [1.29, 1.82) is 0 Å². The number of carbonyl (C=O) groups excluding carboxylic acids is 2. The predicted octanol–water partition coefficient (Wildman–Crippen LogP) is 3.28. The second kappa shape index (κ2) is 7.24. The van der Waals surface area contributed by atoms with E-state index in [-0.39, 0.29) is 18.7 Å². The number of amides is 1. The number of hydrogen-bond donors (Lipinski definition) is 1. The Kier molecular flexibility index (Phi) is 5.95. The molecule has 0 aliphatic rings. The number of esters is 1. The molecule has 18 heavy (non-hydrogen) atoms. The molecule has 0 aromatic heterocycles. The molecule has 0 aliphatic carbocycles. The molecule has 0 heterocycles. The molecule has 0 saturated carbocycles. The maximum absolute atomic E-state index is 11.5. The number of carbonyl (C=O) groups is 2. The molecule has 0 fully saturated rings. The summed E-state index contributed by atoms with van der Waals surface area (Å²) in [5, 5.41) is 3.47. The Morgan fingerprint density at radius 3 is 2.33 bits per heavy atom. The molecule has 0 bridgehead atoms. The summed E-state index contributed by atoms with van der Waals surface area (Å²) in [6.45, 7) is 2.02. The van der Waals surface area contributed by atoms with Crippen LogP contribution in [0.5, 0.6) is 0 Å². The highest BCUT2D eigenvalue weighted by atomic mass is 35.5. The van der Waals surface area contributed by atoms with Crippen LogP contribution in [-0.2, 0) is 14.3 Å². The first-order valence-corrected chi connectivity index (χ1v) is 6.18.